The van der Waals surface area contributed by atoms with Crippen LogP contribution in [-0.2, 0) is 16.1 Å². The fraction of sp³-hybridized carbons (Fsp3) is 0.500. The van der Waals surface area contributed by atoms with Crippen LogP contribution in [0.2, 0.25) is 0 Å². The van der Waals surface area contributed by atoms with Crippen LogP contribution in [0.5, 0.6) is 0 Å². The van der Waals surface area contributed by atoms with Gasteiger partial charge in [0.1, 0.15) is 5.54 Å². The normalized spacial score (nSPS) is 12.9. The molecule has 0 spiro atoms. The number of amides is 1. The summed E-state index contributed by atoms with van der Waals surface area (Å²) in [5.74, 6) is -1.50. The van der Waals surface area contributed by atoms with Crippen molar-refractivity contribution in [1.29, 1.82) is 5.26 Å². The Morgan fingerprint density at radius 3 is 2.53 bits per heavy atom. The van der Waals surface area contributed by atoms with Gasteiger partial charge in [-0.3, -0.25) is 9.59 Å². The molecule has 0 aliphatic carbocycles. The molecular weight excluding hydrogens is 384 g/mol. The number of ether oxygens (including phenoxy) is 1. The summed E-state index contributed by atoms with van der Waals surface area (Å²) in [5, 5.41) is 16.9. The molecule has 1 heterocycles. The number of hydrogen-bond acceptors (Lipinski definition) is 6. The Labute approximate surface area is 175 Å². The van der Waals surface area contributed by atoms with Crippen molar-refractivity contribution >= 4 is 22.6 Å². The zero-order valence-corrected chi connectivity index (χ0v) is 17.9. The smallest absolute Gasteiger partial charge is 0.359 e. The van der Waals surface area contributed by atoms with E-state index in [4.69, 9.17) is 4.74 Å². The third-order valence-electron chi connectivity index (χ3n) is 5.15. The van der Waals surface area contributed by atoms with Crippen molar-refractivity contribution in [3.05, 3.63) is 40.3 Å². The number of fused-ring (bicyclic) bond motifs is 1. The van der Waals surface area contributed by atoms with Crippen molar-refractivity contribution in [3.8, 4) is 6.07 Å². The van der Waals surface area contributed by atoms with Gasteiger partial charge in [0.05, 0.1) is 11.5 Å². The van der Waals surface area contributed by atoms with Crippen LogP contribution in [0, 0.1) is 17.2 Å². The minimum Gasteiger partial charge on any atom is -0.451 e. The molecule has 0 saturated carbocycles. The van der Waals surface area contributed by atoms with Gasteiger partial charge in [0.2, 0.25) is 0 Å². The highest BCUT2D eigenvalue weighted by atomic mass is 16.5. The van der Waals surface area contributed by atoms with Gasteiger partial charge in [-0.1, -0.05) is 51.8 Å². The van der Waals surface area contributed by atoms with Crippen LogP contribution in [0.4, 0.5) is 0 Å². The zero-order chi connectivity index (χ0) is 22.3. The molecule has 1 atom stereocenters. The summed E-state index contributed by atoms with van der Waals surface area (Å²) in [6.45, 7) is 7.14. The average Bonchev–Trinajstić information content (AvgIpc) is 2.73. The topological polar surface area (TPSA) is 114 Å². The molecule has 1 N–H and O–H groups in total. The highest BCUT2D eigenvalue weighted by Gasteiger charge is 2.30. The van der Waals surface area contributed by atoms with Gasteiger partial charge in [-0.25, -0.2) is 9.48 Å². The number of nitrogens with zero attached hydrogens (tertiary/aromatic N) is 3. The Hall–Kier alpha value is -3.21. The molecule has 0 radical (unpaired) electrons. The zero-order valence-electron chi connectivity index (χ0n) is 17.9. The molecule has 2 rings (SSSR count). The van der Waals surface area contributed by atoms with Crippen molar-refractivity contribution in [2.45, 2.75) is 59.0 Å². The highest BCUT2D eigenvalue weighted by Crippen LogP contribution is 2.16. The molecule has 0 bridgehead atoms. The Morgan fingerprint density at radius 1 is 1.27 bits per heavy atom. The lowest BCUT2D eigenvalue weighted by Crippen LogP contribution is -2.50. The fourth-order valence-electron chi connectivity index (χ4n) is 2.88. The summed E-state index contributed by atoms with van der Waals surface area (Å²) in [4.78, 5) is 37.6. The van der Waals surface area contributed by atoms with E-state index >= 15 is 0 Å². The molecule has 1 aromatic heterocycles. The predicted molar refractivity (Wildman–Crippen MR) is 113 cm³/mol. The van der Waals surface area contributed by atoms with E-state index in [1.807, 2.05) is 13.8 Å². The molecule has 1 aromatic carbocycles. The number of hydrogen-bond donors (Lipinski definition) is 1. The lowest BCUT2D eigenvalue weighted by atomic mass is 9.90. The van der Waals surface area contributed by atoms with Gasteiger partial charge in [0.15, 0.2) is 12.3 Å². The maximum absolute atomic E-state index is 12.7. The molecule has 0 aliphatic heterocycles. The second-order valence-corrected chi connectivity index (χ2v) is 7.72. The summed E-state index contributed by atoms with van der Waals surface area (Å²) in [7, 11) is 0. The first-order chi connectivity index (χ1) is 14.2. The van der Waals surface area contributed by atoms with E-state index in [0.717, 1.165) is 19.3 Å². The maximum atomic E-state index is 12.7. The quantitative estimate of drug-likeness (QED) is 0.500. The van der Waals surface area contributed by atoms with E-state index in [2.05, 4.69) is 23.4 Å². The van der Waals surface area contributed by atoms with E-state index in [9.17, 15) is 19.6 Å². The van der Waals surface area contributed by atoms with E-state index in [1.165, 1.54) is 4.68 Å². The Morgan fingerprint density at radius 2 is 1.93 bits per heavy atom. The number of aryl methyl sites for hydroxylation is 1. The first-order valence-corrected chi connectivity index (χ1v) is 10.1. The molecule has 2 aromatic rings. The molecule has 30 heavy (non-hydrogen) atoms. The second-order valence-electron chi connectivity index (χ2n) is 7.72. The summed E-state index contributed by atoms with van der Waals surface area (Å²) in [6, 6.07) is 8.76. The predicted octanol–water partition coefficient (Wildman–Crippen LogP) is 2.80. The van der Waals surface area contributed by atoms with Gasteiger partial charge in [-0.15, -0.1) is 0 Å². The number of nitrogens with one attached hydrogen (secondary N) is 1. The van der Waals surface area contributed by atoms with Crippen molar-refractivity contribution in [1.82, 2.24) is 15.1 Å². The van der Waals surface area contributed by atoms with Crippen molar-refractivity contribution in [2.24, 2.45) is 5.92 Å². The molecule has 160 valence electrons. The van der Waals surface area contributed by atoms with Crippen molar-refractivity contribution in [2.75, 3.05) is 6.61 Å². The van der Waals surface area contributed by atoms with Gasteiger partial charge in [-0.2, -0.15) is 10.4 Å². The second kappa shape index (κ2) is 10.0. The Balaban J connectivity index is 2.23. The molecule has 8 nitrogen and oxygen atoms in total. The van der Waals surface area contributed by atoms with E-state index in [1.54, 1.807) is 31.2 Å². The van der Waals surface area contributed by atoms with Crippen LogP contribution < -0.4 is 10.9 Å². The largest absolute Gasteiger partial charge is 0.451 e. The molecule has 0 aliphatic rings. The summed E-state index contributed by atoms with van der Waals surface area (Å²) in [6.07, 6.45) is 2.69. The fourth-order valence-corrected chi connectivity index (χ4v) is 2.88. The number of nitriles is 1. The molecule has 1 amide bonds. The third-order valence-corrected chi connectivity index (χ3v) is 5.15. The first kappa shape index (κ1) is 23.1. The maximum Gasteiger partial charge on any atom is 0.359 e. The monoisotopic (exact) mass is 412 g/mol. The van der Waals surface area contributed by atoms with E-state index in [-0.39, 0.29) is 17.2 Å². The number of carbonyl (C=O) groups is 2. The van der Waals surface area contributed by atoms with Crippen LogP contribution >= 0.6 is 0 Å². The van der Waals surface area contributed by atoms with Gasteiger partial charge in [0, 0.05) is 11.9 Å². The van der Waals surface area contributed by atoms with Crippen molar-refractivity contribution in [3.63, 3.8) is 0 Å². The van der Waals surface area contributed by atoms with Crippen LogP contribution in [-0.4, -0.2) is 33.8 Å². The number of aromatic nitrogens is 2. The van der Waals surface area contributed by atoms with Crippen LogP contribution in [0.25, 0.3) is 10.8 Å². The van der Waals surface area contributed by atoms with Crippen LogP contribution in [0.15, 0.2) is 29.1 Å². The molecule has 0 fully saturated rings. The Bertz CT molecular complexity index is 1020. The standard InChI is InChI=1S/C22H28N4O4/c1-5-6-9-12-26-20(28)17-11-8-7-10-16(17)19(25-26)21(29)30-13-18(27)24-22(4,14-23)15(2)3/h7-8,10-11,15H,5-6,9,12-13H2,1-4H3,(H,24,27)/t22-/m1/s1. The number of esters is 1. The minimum atomic E-state index is -1.07. The lowest BCUT2D eigenvalue weighted by molar-refractivity contribution is -0.125. The third kappa shape index (κ3) is 5.23. The molecule has 0 saturated heterocycles. The highest BCUT2D eigenvalue weighted by molar-refractivity contribution is 6.02. The Kier molecular flexibility index (Phi) is 7.70. The SMILES string of the molecule is CCCCCn1nc(C(=O)OCC(=O)N[C@](C)(C#N)C(C)C)c2ccccc2c1=O. The summed E-state index contributed by atoms with van der Waals surface area (Å²) in [5.41, 5.74) is -1.35. The van der Waals surface area contributed by atoms with Gasteiger partial charge >= 0.3 is 5.97 Å². The summed E-state index contributed by atoms with van der Waals surface area (Å²) < 4.78 is 6.43. The number of benzene rings is 1. The van der Waals surface area contributed by atoms with Gasteiger partial charge in [0.25, 0.3) is 11.5 Å². The van der Waals surface area contributed by atoms with E-state index < -0.39 is 24.0 Å². The van der Waals surface area contributed by atoms with Crippen LogP contribution in [0.1, 0.15) is 57.4 Å². The lowest BCUT2D eigenvalue weighted by Gasteiger charge is -2.27. The molecule has 8 heteroatoms. The van der Waals surface area contributed by atoms with Gasteiger partial charge in [-0.05, 0) is 25.3 Å². The number of unbranched alkanes of at least 4 members (excludes halogenated alkanes) is 2. The average molecular weight is 412 g/mol. The summed E-state index contributed by atoms with van der Waals surface area (Å²) >= 11 is 0. The van der Waals surface area contributed by atoms with Gasteiger partial charge < -0.3 is 10.1 Å². The minimum absolute atomic E-state index is 0.0126. The molecular formula is C22H28N4O4. The molecule has 0 unspecified atom stereocenters. The van der Waals surface area contributed by atoms with E-state index in [0.29, 0.717) is 17.3 Å². The number of rotatable bonds is 9. The van der Waals surface area contributed by atoms with Crippen molar-refractivity contribution < 1.29 is 14.3 Å². The van der Waals surface area contributed by atoms with Crippen LogP contribution in [0.3, 0.4) is 0 Å². The first-order valence-electron chi connectivity index (χ1n) is 10.1. The number of carbonyl (C=O) groups excluding carboxylic acids is 2.